The Morgan fingerprint density at radius 2 is 1.67 bits per heavy atom. The Bertz CT molecular complexity index is 205. The average Bonchev–Trinajstić information content (AvgIpc) is 2.17. The van der Waals surface area contributed by atoms with Crippen LogP contribution in [0.25, 0.3) is 0 Å². The van der Waals surface area contributed by atoms with E-state index < -0.39 is 5.41 Å². The van der Waals surface area contributed by atoms with E-state index in [1.165, 1.54) is 0 Å². The number of esters is 1. The van der Waals surface area contributed by atoms with Crippen LogP contribution in [0, 0.1) is 10.8 Å². The molecule has 0 aliphatic heterocycles. The normalized spacial score (nSPS) is 12.7. The van der Waals surface area contributed by atoms with Crippen LogP contribution in [0.2, 0.25) is 0 Å². The monoisotopic (exact) mass is 214 g/mol. The zero-order valence-corrected chi connectivity index (χ0v) is 11.1. The first-order valence-corrected chi connectivity index (χ1v) is 5.96. The number of rotatable bonds is 6. The van der Waals surface area contributed by atoms with Crippen molar-refractivity contribution in [2.24, 2.45) is 10.8 Å². The molecule has 0 saturated carbocycles. The quantitative estimate of drug-likeness (QED) is 0.496. The van der Waals surface area contributed by atoms with Crippen molar-refractivity contribution in [2.45, 2.75) is 60.8 Å². The highest BCUT2D eigenvalue weighted by atomic mass is 16.5. The predicted molar refractivity (Wildman–Crippen MR) is 63.7 cm³/mol. The first-order valence-electron chi connectivity index (χ1n) is 5.96. The standard InChI is InChI=1S/C13H26O2/c1-7-9-10-15-11(14)13(5,6)12(3,4)8-2/h7-10H2,1-6H3. The largest absolute Gasteiger partial charge is 0.465 e. The highest BCUT2D eigenvalue weighted by Crippen LogP contribution is 2.41. The van der Waals surface area contributed by atoms with Gasteiger partial charge in [-0.2, -0.15) is 0 Å². The zero-order chi connectivity index (χ0) is 12.1. The van der Waals surface area contributed by atoms with Gasteiger partial charge in [-0.3, -0.25) is 4.79 Å². The van der Waals surface area contributed by atoms with Gasteiger partial charge in [0.1, 0.15) is 0 Å². The molecule has 2 nitrogen and oxygen atoms in total. The lowest BCUT2D eigenvalue weighted by atomic mass is 9.66. The molecule has 15 heavy (non-hydrogen) atoms. The summed E-state index contributed by atoms with van der Waals surface area (Å²) in [5.74, 6) is -0.0669. The molecule has 0 amide bonds. The van der Waals surface area contributed by atoms with Gasteiger partial charge in [-0.25, -0.2) is 0 Å². The van der Waals surface area contributed by atoms with Gasteiger partial charge in [0.2, 0.25) is 0 Å². The van der Waals surface area contributed by atoms with Crippen LogP contribution in [0.15, 0.2) is 0 Å². The SMILES string of the molecule is CCCCOC(=O)C(C)(C)C(C)(C)CC. The molecule has 0 heterocycles. The van der Waals surface area contributed by atoms with E-state index in [9.17, 15) is 4.79 Å². The molecule has 0 spiro atoms. The van der Waals surface area contributed by atoms with Crippen molar-refractivity contribution in [3.05, 3.63) is 0 Å². The molecule has 0 atom stereocenters. The molecule has 0 radical (unpaired) electrons. The van der Waals surface area contributed by atoms with Gasteiger partial charge in [-0.05, 0) is 32.1 Å². The van der Waals surface area contributed by atoms with Crippen LogP contribution in [0.5, 0.6) is 0 Å². The maximum atomic E-state index is 11.9. The molecule has 0 unspecified atom stereocenters. The maximum Gasteiger partial charge on any atom is 0.312 e. The number of ether oxygens (including phenoxy) is 1. The van der Waals surface area contributed by atoms with Crippen LogP contribution in [-0.2, 0) is 9.53 Å². The molecule has 90 valence electrons. The number of hydrogen-bond donors (Lipinski definition) is 0. The predicted octanol–water partition coefficient (Wildman–Crippen LogP) is 3.79. The number of unbranched alkanes of at least 4 members (excludes halogenated alkanes) is 1. The molecule has 0 N–H and O–H groups in total. The van der Waals surface area contributed by atoms with Crippen molar-refractivity contribution in [3.63, 3.8) is 0 Å². The Balaban J connectivity index is 4.38. The van der Waals surface area contributed by atoms with Crippen molar-refractivity contribution < 1.29 is 9.53 Å². The lowest BCUT2D eigenvalue weighted by molar-refractivity contribution is -0.161. The van der Waals surface area contributed by atoms with Crippen LogP contribution in [0.1, 0.15) is 60.8 Å². The van der Waals surface area contributed by atoms with Gasteiger partial charge in [0.25, 0.3) is 0 Å². The molecule has 0 aromatic carbocycles. The molecular weight excluding hydrogens is 188 g/mol. The third-order valence-corrected chi connectivity index (χ3v) is 3.82. The molecule has 0 aliphatic carbocycles. The maximum absolute atomic E-state index is 11.9. The van der Waals surface area contributed by atoms with E-state index in [2.05, 4.69) is 27.7 Å². The topological polar surface area (TPSA) is 26.3 Å². The van der Waals surface area contributed by atoms with E-state index in [1.54, 1.807) is 0 Å². The van der Waals surface area contributed by atoms with Crippen LogP contribution in [0.4, 0.5) is 0 Å². The molecule has 0 saturated heterocycles. The molecule has 0 aromatic rings. The minimum Gasteiger partial charge on any atom is -0.465 e. The third kappa shape index (κ3) is 3.51. The summed E-state index contributed by atoms with van der Waals surface area (Å²) >= 11 is 0. The second-order valence-corrected chi connectivity index (χ2v) is 5.35. The Kier molecular flexibility index (Phi) is 5.33. The van der Waals surface area contributed by atoms with Crippen molar-refractivity contribution in [1.82, 2.24) is 0 Å². The van der Waals surface area contributed by atoms with E-state index in [4.69, 9.17) is 4.74 Å². The zero-order valence-electron chi connectivity index (χ0n) is 11.1. The highest BCUT2D eigenvalue weighted by molar-refractivity contribution is 5.76. The van der Waals surface area contributed by atoms with Crippen molar-refractivity contribution in [1.29, 1.82) is 0 Å². The fraction of sp³-hybridized carbons (Fsp3) is 0.923. The number of carbonyl (C=O) groups is 1. The third-order valence-electron chi connectivity index (χ3n) is 3.82. The number of carbonyl (C=O) groups excluding carboxylic acids is 1. The highest BCUT2D eigenvalue weighted by Gasteiger charge is 2.43. The summed E-state index contributed by atoms with van der Waals surface area (Å²) < 4.78 is 5.30. The summed E-state index contributed by atoms with van der Waals surface area (Å²) in [6.45, 7) is 13.0. The van der Waals surface area contributed by atoms with E-state index in [0.29, 0.717) is 6.61 Å². The van der Waals surface area contributed by atoms with Crippen molar-refractivity contribution in [2.75, 3.05) is 6.61 Å². The van der Waals surface area contributed by atoms with Gasteiger partial charge in [-0.1, -0.05) is 34.1 Å². The van der Waals surface area contributed by atoms with Crippen molar-refractivity contribution >= 4 is 5.97 Å². The summed E-state index contributed by atoms with van der Waals surface area (Å²) in [4.78, 5) is 11.9. The smallest absolute Gasteiger partial charge is 0.312 e. The number of hydrogen-bond acceptors (Lipinski definition) is 2. The Morgan fingerprint density at radius 1 is 1.13 bits per heavy atom. The summed E-state index contributed by atoms with van der Waals surface area (Å²) in [6.07, 6.45) is 2.99. The summed E-state index contributed by atoms with van der Waals surface area (Å²) in [5, 5.41) is 0. The summed E-state index contributed by atoms with van der Waals surface area (Å²) in [5.41, 5.74) is -0.425. The van der Waals surface area contributed by atoms with E-state index in [-0.39, 0.29) is 11.4 Å². The van der Waals surface area contributed by atoms with Crippen molar-refractivity contribution in [3.8, 4) is 0 Å². The van der Waals surface area contributed by atoms with Crippen LogP contribution < -0.4 is 0 Å². The van der Waals surface area contributed by atoms with E-state index in [0.717, 1.165) is 19.3 Å². The average molecular weight is 214 g/mol. The molecule has 0 bridgehead atoms. The Morgan fingerprint density at radius 3 is 2.07 bits per heavy atom. The minimum atomic E-state index is -0.407. The van der Waals surface area contributed by atoms with Crippen LogP contribution in [-0.4, -0.2) is 12.6 Å². The Hall–Kier alpha value is -0.530. The molecule has 0 aromatic heterocycles. The van der Waals surface area contributed by atoms with Gasteiger partial charge in [0, 0.05) is 0 Å². The fourth-order valence-corrected chi connectivity index (χ4v) is 1.21. The first kappa shape index (κ1) is 14.5. The molecule has 2 heteroatoms. The second kappa shape index (κ2) is 5.53. The first-order chi connectivity index (χ1) is 6.79. The van der Waals surface area contributed by atoms with Crippen LogP contribution in [0.3, 0.4) is 0 Å². The summed E-state index contributed by atoms with van der Waals surface area (Å²) in [6, 6.07) is 0. The molecule has 0 aliphatic rings. The van der Waals surface area contributed by atoms with Gasteiger partial charge in [-0.15, -0.1) is 0 Å². The Labute approximate surface area is 94.4 Å². The second-order valence-electron chi connectivity index (χ2n) is 5.35. The van der Waals surface area contributed by atoms with Gasteiger partial charge >= 0.3 is 5.97 Å². The fourth-order valence-electron chi connectivity index (χ4n) is 1.21. The lowest BCUT2D eigenvalue weighted by Crippen LogP contribution is -2.40. The minimum absolute atomic E-state index is 0.0176. The van der Waals surface area contributed by atoms with Gasteiger partial charge in [0.15, 0.2) is 0 Å². The van der Waals surface area contributed by atoms with E-state index in [1.807, 2.05) is 13.8 Å². The van der Waals surface area contributed by atoms with Gasteiger partial charge in [0.05, 0.1) is 12.0 Å². The van der Waals surface area contributed by atoms with Gasteiger partial charge < -0.3 is 4.74 Å². The molecular formula is C13H26O2. The molecule has 0 rings (SSSR count). The lowest BCUT2D eigenvalue weighted by Gasteiger charge is -2.38. The van der Waals surface area contributed by atoms with Crippen LogP contribution >= 0.6 is 0 Å². The van der Waals surface area contributed by atoms with E-state index >= 15 is 0 Å². The summed E-state index contributed by atoms with van der Waals surface area (Å²) in [7, 11) is 0. The molecule has 0 fully saturated rings.